The van der Waals surface area contributed by atoms with Crippen molar-refractivity contribution in [2.45, 2.75) is 18.9 Å². The highest BCUT2D eigenvalue weighted by Crippen LogP contribution is 2.34. The predicted molar refractivity (Wildman–Crippen MR) is 105 cm³/mol. The Morgan fingerprint density at radius 1 is 1.25 bits per heavy atom. The summed E-state index contributed by atoms with van der Waals surface area (Å²) in [6, 6.07) is 10.7. The first-order chi connectivity index (χ1) is 13.6. The Labute approximate surface area is 164 Å². The van der Waals surface area contributed by atoms with Crippen molar-refractivity contribution >= 4 is 39.7 Å². The van der Waals surface area contributed by atoms with Gasteiger partial charge in [0, 0.05) is 23.1 Å². The molecule has 3 aromatic rings. The van der Waals surface area contributed by atoms with Gasteiger partial charge < -0.3 is 19.9 Å². The summed E-state index contributed by atoms with van der Waals surface area (Å²) in [6.07, 6.45) is 3.49. The van der Waals surface area contributed by atoms with E-state index in [2.05, 4.69) is 10.3 Å². The highest BCUT2D eigenvalue weighted by molar-refractivity contribution is 7.13. The van der Waals surface area contributed by atoms with Crippen LogP contribution in [0.5, 0.6) is 5.75 Å². The van der Waals surface area contributed by atoms with Crippen molar-refractivity contribution in [2.24, 2.45) is 0 Å². The van der Waals surface area contributed by atoms with E-state index in [1.807, 2.05) is 24.3 Å². The Hall–Kier alpha value is -2.97. The first-order valence-electron chi connectivity index (χ1n) is 8.87. The third-order valence-corrected chi connectivity index (χ3v) is 5.52. The third kappa shape index (κ3) is 3.83. The van der Waals surface area contributed by atoms with Crippen LogP contribution in [-0.2, 0) is 9.53 Å². The number of anilines is 1. The number of hydrogen-bond donors (Lipinski definition) is 2. The molecule has 2 heterocycles. The summed E-state index contributed by atoms with van der Waals surface area (Å²) in [5, 5.41) is 14.1. The minimum atomic E-state index is -1.05. The van der Waals surface area contributed by atoms with Crippen LogP contribution < -0.4 is 10.1 Å². The molecule has 28 heavy (non-hydrogen) atoms. The van der Waals surface area contributed by atoms with Gasteiger partial charge in [-0.15, -0.1) is 11.3 Å². The molecular formula is C20H18N2O5S. The maximum absolute atomic E-state index is 12.7. The molecule has 1 saturated heterocycles. The van der Waals surface area contributed by atoms with Crippen molar-refractivity contribution in [3.8, 4) is 5.75 Å². The fourth-order valence-corrected chi connectivity index (χ4v) is 4.04. The molecule has 0 radical (unpaired) electrons. The van der Waals surface area contributed by atoms with Crippen LogP contribution in [0.2, 0.25) is 0 Å². The lowest BCUT2D eigenvalue weighted by molar-refractivity contribution is -0.139. The molecule has 144 valence electrons. The Balaban J connectivity index is 1.56. The normalized spacial score (nSPS) is 16.2. The molecule has 8 heteroatoms. The first kappa shape index (κ1) is 18.4. The van der Waals surface area contributed by atoms with Crippen molar-refractivity contribution in [3.63, 3.8) is 0 Å². The van der Waals surface area contributed by atoms with Gasteiger partial charge in [0.2, 0.25) is 0 Å². The number of aliphatic carboxylic acids is 1. The number of carbonyl (C=O) groups is 2. The molecule has 2 aromatic carbocycles. The van der Waals surface area contributed by atoms with Crippen molar-refractivity contribution in [2.75, 3.05) is 18.5 Å². The van der Waals surface area contributed by atoms with Crippen LogP contribution in [0, 0.1) is 0 Å². The van der Waals surface area contributed by atoms with Crippen LogP contribution in [0.25, 0.3) is 10.8 Å². The molecule has 0 aliphatic carbocycles. The Morgan fingerprint density at radius 2 is 2.07 bits per heavy atom. The molecule has 0 bridgehead atoms. The molecule has 1 atom stereocenters. The molecule has 1 fully saturated rings. The van der Waals surface area contributed by atoms with Crippen molar-refractivity contribution in [1.29, 1.82) is 0 Å². The number of rotatable bonds is 6. The highest BCUT2D eigenvalue weighted by atomic mass is 32.1. The number of hydrogen-bond acceptors (Lipinski definition) is 6. The summed E-state index contributed by atoms with van der Waals surface area (Å²) >= 11 is 1.34. The van der Waals surface area contributed by atoms with Crippen LogP contribution >= 0.6 is 11.3 Å². The fourth-order valence-electron chi connectivity index (χ4n) is 3.14. The van der Waals surface area contributed by atoms with E-state index in [9.17, 15) is 9.59 Å². The number of thiazole rings is 1. The molecule has 2 N–H and O–H groups in total. The molecule has 0 spiro atoms. The van der Waals surface area contributed by atoms with Crippen LogP contribution in [0.15, 0.2) is 42.6 Å². The second kappa shape index (κ2) is 7.95. The standard InChI is InChI=1S/C20H18N2O5S/c23-18(24)11-27-15-8-7-14(12-4-1-2-5-13(12)15)22-19(25)17-10-21-20(28-17)16-6-3-9-26-16/h1-2,4-5,7-8,10,16H,3,6,9,11H2,(H,22,25)(H,23,24). The molecule has 0 saturated carbocycles. The lowest BCUT2D eigenvalue weighted by Gasteiger charge is -2.12. The maximum atomic E-state index is 12.7. The summed E-state index contributed by atoms with van der Waals surface area (Å²) < 4.78 is 11.0. The van der Waals surface area contributed by atoms with Gasteiger partial charge in [-0.2, -0.15) is 0 Å². The zero-order chi connectivity index (χ0) is 19.5. The lowest BCUT2D eigenvalue weighted by atomic mass is 10.1. The van der Waals surface area contributed by atoms with Gasteiger partial charge in [0.05, 0.1) is 6.20 Å². The van der Waals surface area contributed by atoms with Gasteiger partial charge in [-0.25, -0.2) is 9.78 Å². The molecule has 4 rings (SSSR count). The van der Waals surface area contributed by atoms with Gasteiger partial charge >= 0.3 is 5.97 Å². The first-order valence-corrected chi connectivity index (χ1v) is 9.68. The molecule has 1 aliphatic heterocycles. The minimum absolute atomic E-state index is 0.0157. The number of nitrogens with zero attached hydrogens (tertiary/aromatic N) is 1. The largest absolute Gasteiger partial charge is 0.481 e. The zero-order valence-corrected chi connectivity index (χ0v) is 15.7. The van der Waals surface area contributed by atoms with Crippen LogP contribution in [0.3, 0.4) is 0 Å². The molecule has 1 aromatic heterocycles. The minimum Gasteiger partial charge on any atom is -0.481 e. The van der Waals surface area contributed by atoms with Gasteiger partial charge in [-0.1, -0.05) is 24.3 Å². The predicted octanol–water partition coefficient (Wildman–Crippen LogP) is 3.86. The van der Waals surface area contributed by atoms with E-state index in [1.165, 1.54) is 11.3 Å². The number of carbonyl (C=O) groups excluding carboxylic acids is 1. The van der Waals surface area contributed by atoms with Gasteiger partial charge in [-0.3, -0.25) is 4.79 Å². The van der Waals surface area contributed by atoms with E-state index in [-0.39, 0.29) is 12.0 Å². The lowest BCUT2D eigenvalue weighted by Crippen LogP contribution is -2.12. The summed E-state index contributed by atoms with van der Waals surface area (Å²) in [5.41, 5.74) is 0.621. The Bertz CT molecular complexity index is 1030. The Morgan fingerprint density at radius 3 is 2.82 bits per heavy atom. The van der Waals surface area contributed by atoms with E-state index in [1.54, 1.807) is 18.3 Å². The van der Waals surface area contributed by atoms with Crippen molar-refractivity contribution in [1.82, 2.24) is 4.98 Å². The van der Waals surface area contributed by atoms with E-state index in [4.69, 9.17) is 14.6 Å². The second-order valence-electron chi connectivity index (χ2n) is 6.36. The van der Waals surface area contributed by atoms with Gasteiger partial charge in [0.15, 0.2) is 6.61 Å². The summed E-state index contributed by atoms with van der Waals surface area (Å²) in [5.74, 6) is -0.839. The number of carboxylic acid groups (broad SMARTS) is 1. The third-order valence-electron chi connectivity index (χ3n) is 4.44. The topological polar surface area (TPSA) is 97.8 Å². The van der Waals surface area contributed by atoms with Crippen LogP contribution in [0.4, 0.5) is 5.69 Å². The van der Waals surface area contributed by atoms with E-state index >= 15 is 0 Å². The van der Waals surface area contributed by atoms with Crippen LogP contribution in [-0.4, -0.2) is 35.2 Å². The zero-order valence-electron chi connectivity index (χ0n) is 14.9. The monoisotopic (exact) mass is 398 g/mol. The molecular weight excluding hydrogens is 380 g/mol. The van der Waals surface area contributed by atoms with Crippen molar-refractivity contribution < 1.29 is 24.2 Å². The number of benzene rings is 2. The molecule has 1 aliphatic rings. The number of nitrogens with one attached hydrogen (secondary N) is 1. The van der Waals surface area contributed by atoms with Crippen LogP contribution in [0.1, 0.15) is 33.6 Å². The number of fused-ring (bicyclic) bond motifs is 1. The highest BCUT2D eigenvalue weighted by Gasteiger charge is 2.22. The molecule has 7 nitrogen and oxygen atoms in total. The maximum Gasteiger partial charge on any atom is 0.341 e. The molecule has 1 unspecified atom stereocenters. The van der Waals surface area contributed by atoms with Gasteiger partial charge in [0.25, 0.3) is 5.91 Å². The average molecular weight is 398 g/mol. The van der Waals surface area contributed by atoms with E-state index in [0.29, 0.717) is 16.3 Å². The van der Waals surface area contributed by atoms with E-state index < -0.39 is 12.6 Å². The Kier molecular flexibility index (Phi) is 5.23. The summed E-state index contributed by atoms with van der Waals surface area (Å²) in [7, 11) is 0. The average Bonchev–Trinajstić information content (AvgIpc) is 3.39. The summed E-state index contributed by atoms with van der Waals surface area (Å²) in [6.45, 7) is 0.302. The second-order valence-corrected chi connectivity index (χ2v) is 7.42. The van der Waals surface area contributed by atoms with Crippen molar-refractivity contribution in [3.05, 3.63) is 52.5 Å². The number of amides is 1. The number of ether oxygens (including phenoxy) is 2. The quantitative estimate of drug-likeness (QED) is 0.654. The number of carboxylic acids is 1. The van der Waals surface area contributed by atoms with E-state index in [0.717, 1.165) is 35.2 Å². The number of aromatic nitrogens is 1. The van der Waals surface area contributed by atoms with Gasteiger partial charge in [0.1, 0.15) is 21.7 Å². The smallest absolute Gasteiger partial charge is 0.341 e. The fraction of sp³-hybridized carbons (Fsp3) is 0.250. The molecule has 1 amide bonds. The van der Waals surface area contributed by atoms with Gasteiger partial charge in [-0.05, 0) is 25.0 Å². The SMILES string of the molecule is O=C(O)COc1ccc(NC(=O)c2cnc(C3CCCO3)s2)c2ccccc12. The summed E-state index contributed by atoms with van der Waals surface area (Å²) in [4.78, 5) is 28.3.